The molecule has 20 heavy (non-hydrogen) atoms. The number of hydrogen-bond donors (Lipinski definition) is 0. The van der Waals surface area contributed by atoms with E-state index in [-0.39, 0.29) is 0 Å². The maximum atomic E-state index is 4.93. The van der Waals surface area contributed by atoms with Crippen molar-refractivity contribution in [2.24, 2.45) is 16.8 Å². The summed E-state index contributed by atoms with van der Waals surface area (Å²) in [5, 5.41) is 0. The van der Waals surface area contributed by atoms with Gasteiger partial charge in [-0.2, -0.15) is 0 Å². The van der Waals surface area contributed by atoms with E-state index in [1.165, 1.54) is 42.6 Å². The van der Waals surface area contributed by atoms with E-state index in [2.05, 4.69) is 41.4 Å². The van der Waals surface area contributed by atoms with Crippen LogP contribution in [-0.4, -0.2) is 17.3 Å². The largest absolute Gasteiger partial charge is 0.305 e. The van der Waals surface area contributed by atoms with Crippen LogP contribution in [0.4, 0.5) is 0 Å². The fourth-order valence-corrected chi connectivity index (χ4v) is 4.47. The van der Waals surface area contributed by atoms with E-state index in [9.17, 15) is 0 Å². The Kier molecular flexibility index (Phi) is 2.10. The monoisotopic (exact) mass is 262 g/mol. The summed E-state index contributed by atoms with van der Waals surface area (Å²) in [7, 11) is 0. The second-order valence-electron chi connectivity index (χ2n) is 6.37. The molecule has 0 saturated heterocycles. The third-order valence-corrected chi connectivity index (χ3v) is 5.43. The van der Waals surface area contributed by atoms with E-state index in [4.69, 9.17) is 4.99 Å². The van der Waals surface area contributed by atoms with Gasteiger partial charge in [-0.3, -0.25) is 4.99 Å². The van der Waals surface area contributed by atoms with Crippen molar-refractivity contribution >= 4 is 11.9 Å². The van der Waals surface area contributed by atoms with Crippen LogP contribution in [0.25, 0.3) is 6.08 Å². The van der Waals surface area contributed by atoms with Gasteiger partial charge in [-0.25, -0.2) is 0 Å². The van der Waals surface area contributed by atoms with Crippen molar-refractivity contribution in [1.29, 1.82) is 0 Å². The molecule has 1 saturated carbocycles. The van der Waals surface area contributed by atoms with E-state index in [1.54, 1.807) is 11.3 Å². The van der Waals surface area contributed by atoms with Crippen LogP contribution >= 0.6 is 0 Å². The quantitative estimate of drug-likeness (QED) is 0.694. The lowest BCUT2D eigenvalue weighted by Crippen LogP contribution is -2.42. The Balaban J connectivity index is 1.67. The van der Waals surface area contributed by atoms with E-state index < -0.39 is 0 Å². The van der Waals surface area contributed by atoms with Gasteiger partial charge in [0.2, 0.25) is 0 Å². The molecule has 2 bridgehead atoms. The van der Waals surface area contributed by atoms with Gasteiger partial charge >= 0.3 is 0 Å². The minimum Gasteiger partial charge on any atom is -0.305 e. The first-order valence-electron chi connectivity index (χ1n) is 7.76. The number of aliphatic imine (C=N–C) groups is 1. The van der Waals surface area contributed by atoms with Gasteiger partial charge in [-0.05, 0) is 54.7 Å². The molecular formula is C18H18N2. The Hall–Kier alpha value is -1.83. The molecule has 2 nitrogen and oxygen atoms in total. The molecule has 0 amide bonds. The maximum absolute atomic E-state index is 4.93. The van der Waals surface area contributed by atoms with E-state index in [1.807, 2.05) is 0 Å². The van der Waals surface area contributed by atoms with Gasteiger partial charge in [0.15, 0.2) is 0 Å². The van der Waals surface area contributed by atoms with Gasteiger partial charge < -0.3 is 4.90 Å². The average molecular weight is 262 g/mol. The molecule has 2 heteroatoms. The van der Waals surface area contributed by atoms with Gasteiger partial charge in [-0.15, -0.1) is 0 Å². The van der Waals surface area contributed by atoms with Crippen molar-refractivity contribution in [3.8, 4) is 0 Å². The summed E-state index contributed by atoms with van der Waals surface area (Å²) in [5.41, 5.74) is 5.83. The number of rotatable bonds is 0. The van der Waals surface area contributed by atoms with Gasteiger partial charge in [0.25, 0.3) is 0 Å². The zero-order valence-corrected chi connectivity index (χ0v) is 11.5. The lowest BCUT2D eigenvalue weighted by atomic mass is 9.68. The fraction of sp³-hybridized carbons (Fsp3) is 0.389. The van der Waals surface area contributed by atoms with Crippen molar-refractivity contribution in [2.45, 2.75) is 25.7 Å². The zero-order chi connectivity index (χ0) is 13.1. The minimum atomic E-state index is 0.774. The standard InChI is InChI=1S/C18H18N2/c1-2-4-15-12(3-1)9-10-20-17-14-7-5-13(6-8-14)16(17)11-19-18(15)20/h1-4,9-10,13-14H,5-8,11H2. The Morgan fingerprint density at radius 1 is 1.00 bits per heavy atom. The Bertz CT molecular complexity index is 672. The smallest absolute Gasteiger partial charge is 0.140 e. The fourth-order valence-electron chi connectivity index (χ4n) is 4.47. The first-order valence-corrected chi connectivity index (χ1v) is 7.76. The van der Waals surface area contributed by atoms with Gasteiger partial charge in [0, 0.05) is 17.5 Å². The number of nitrogens with zero attached hydrogens (tertiary/aromatic N) is 2. The van der Waals surface area contributed by atoms with Crippen LogP contribution in [0.15, 0.2) is 46.7 Å². The van der Waals surface area contributed by atoms with Crippen LogP contribution in [0.2, 0.25) is 0 Å². The highest BCUT2D eigenvalue weighted by molar-refractivity contribution is 6.06. The van der Waals surface area contributed by atoms with Crippen molar-refractivity contribution < 1.29 is 0 Å². The highest BCUT2D eigenvalue weighted by Crippen LogP contribution is 2.48. The van der Waals surface area contributed by atoms with Crippen molar-refractivity contribution in [2.75, 3.05) is 6.54 Å². The molecule has 6 rings (SSSR count). The number of fused-ring (bicyclic) bond motifs is 5. The molecule has 0 unspecified atom stereocenters. The van der Waals surface area contributed by atoms with Crippen molar-refractivity contribution in [3.63, 3.8) is 0 Å². The molecular weight excluding hydrogens is 244 g/mol. The molecule has 100 valence electrons. The minimum absolute atomic E-state index is 0.774. The number of amidine groups is 1. The third-order valence-electron chi connectivity index (χ3n) is 5.43. The Labute approximate surface area is 119 Å². The van der Waals surface area contributed by atoms with Crippen LogP contribution < -0.4 is 0 Å². The van der Waals surface area contributed by atoms with Gasteiger partial charge in [0.1, 0.15) is 5.84 Å². The molecule has 0 atom stereocenters. The Morgan fingerprint density at radius 2 is 1.80 bits per heavy atom. The summed E-state index contributed by atoms with van der Waals surface area (Å²) in [6, 6.07) is 8.62. The second kappa shape index (κ2) is 3.85. The predicted octanol–water partition coefficient (Wildman–Crippen LogP) is 3.81. The molecule has 5 aliphatic rings. The molecule has 1 aromatic carbocycles. The number of benzene rings is 1. The van der Waals surface area contributed by atoms with Crippen molar-refractivity contribution in [3.05, 3.63) is 52.9 Å². The summed E-state index contributed by atoms with van der Waals surface area (Å²) in [6.45, 7) is 0.935. The summed E-state index contributed by atoms with van der Waals surface area (Å²) in [6.07, 6.45) is 10.0. The predicted molar refractivity (Wildman–Crippen MR) is 81.2 cm³/mol. The summed E-state index contributed by atoms with van der Waals surface area (Å²) in [4.78, 5) is 7.33. The van der Waals surface area contributed by atoms with E-state index >= 15 is 0 Å². The van der Waals surface area contributed by atoms with Crippen LogP contribution in [0, 0.1) is 11.8 Å². The average Bonchev–Trinajstić information content (AvgIpc) is 2.55. The molecule has 0 aromatic heterocycles. The van der Waals surface area contributed by atoms with Crippen LogP contribution in [0.3, 0.4) is 0 Å². The molecule has 0 radical (unpaired) electrons. The maximum Gasteiger partial charge on any atom is 0.140 e. The third kappa shape index (κ3) is 1.32. The van der Waals surface area contributed by atoms with E-state index in [0.717, 1.165) is 18.4 Å². The lowest BCUT2D eigenvalue weighted by Gasteiger charge is -2.46. The van der Waals surface area contributed by atoms with Crippen LogP contribution in [-0.2, 0) is 0 Å². The van der Waals surface area contributed by atoms with E-state index in [0.29, 0.717) is 0 Å². The highest BCUT2D eigenvalue weighted by Gasteiger charge is 2.40. The molecule has 1 fully saturated rings. The first-order chi connectivity index (χ1) is 9.92. The second-order valence-corrected chi connectivity index (χ2v) is 6.37. The topological polar surface area (TPSA) is 15.6 Å². The van der Waals surface area contributed by atoms with Crippen LogP contribution in [0.5, 0.6) is 0 Å². The molecule has 0 N–H and O–H groups in total. The SMILES string of the molecule is C1=CN2C(=NCC3=C2C2CCC3CC2)c2ccccc21. The first kappa shape index (κ1) is 10.9. The molecule has 0 spiro atoms. The normalized spacial score (nSPS) is 29.8. The highest BCUT2D eigenvalue weighted by atomic mass is 15.2. The molecule has 3 aliphatic carbocycles. The lowest BCUT2D eigenvalue weighted by molar-refractivity contribution is 0.258. The van der Waals surface area contributed by atoms with Gasteiger partial charge in [-0.1, -0.05) is 24.3 Å². The van der Waals surface area contributed by atoms with Crippen LogP contribution in [0.1, 0.15) is 36.8 Å². The molecule has 2 heterocycles. The molecule has 1 aromatic rings. The number of allylic oxidation sites excluding steroid dienone is 1. The zero-order valence-electron chi connectivity index (χ0n) is 11.5. The van der Waals surface area contributed by atoms with Crippen molar-refractivity contribution in [1.82, 2.24) is 4.90 Å². The summed E-state index contributed by atoms with van der Waals surface area (Å²) in [5.74, 6) is 2.76. The Morgan fingerprint density at radius 3 is 2.70 bits per heavy atom. The number of hydrogen-bond acceptors (Lipinski definition) is 2. The summed E-state index contributed by atoms with van der Waals surface area (Å²) >= 11 is 0. The summed E-state index contributed by atoms with van der Waals surface area (Å²) < 4.78 is 0. The van der Waals surface area contributed by atoms with Gasteiger partial charge in [0.05, 0.1) is 6.54 Å². The molecule has 2 aliphatic heterocycles.